The van der Waals surface area contributed by atoms with Crippen molar-refractivity contribution < 1.29 is 66.2 Å². The summed E-state index contributed by atoms with van der Waals surface area (Å²) in [7, 11) is 13.8. The molecule has 4 N–H and O–H groups in total. The van der Waals surface area contributed by atoms with E-state index in [9.17, 15) is 24.0 Å². The number of rotatable bonds is 12. The van der Waals surface area contributed by atoms with Gasteiger partial charge < -0.3 is 38.9 Å². The van der Waals surface area contributed by atoms with Crippen LogP contribution in [0.2, 0.25) is 0 Å². The number of ether oxygens (including phenoxy) is 4. The van der Waals surface area contributed by atoms with Crippen LogP contribution in [0.3, 0.4) is 0 Å². The molecule has 0 bridgehead atoms. The third kappa shape index (κ3) is 11.2. The predicted molar refractivity (Wildman–Crippen MR) is 150 cm³/mol. The minimum atomic E-state index is -4.28. The first-order chi connectivity index (χ1) is 19.6. The zero-order chi connectivity index (χ0) is 31.2. The normalized spacial score (nSPS) is 43.0. The van der Waals surface area contributed by atoms with E-state index in [2.05, 4.69) is 0 Å². The highest BCUT2D eigenvalue weighted by Crippen LogP contribution is 2.49. The average molecular weight is 632 g/mol. The van der Waals surface area contributed by atoms with Crippen molar-refractivity contribution in [3.05, 3.63) is 0 Å². The molecule has 4 aliphatic heterocycles. The molecule has 4 heterocycles. The summed E-state index contributed by atoms with van der Waals surface area (Å²) in [6, 6.07) is -2.13. The third-order valence-electron chi connectivity index (χ3n) is 7.22. The lowest BCUT2D eigenvalue weighted by Gasteiger charge is -2.22. The summed E-state index contributed by atoms with van der Waals surface area (Å²) in [5.41, 5.74) is 0. The molecule has 4 rings (SSSR count). The fourth-order valence-corrected chi connectivity index (χ4v) is 6.94. The average Bonchev–Trinajstić information content (AvgIpc) is 3.61. The first-order valence-corrected chi connectivity index (χ1v) is 16.8. The van der Waals surface area contributed by atoms with Gasteiger partial charge in [0.25, 0.3) is 0 Å². The van der Waals surface area contributed by atoms with Crippen LogP contribution in [-0.4, -0.2) is 138 Å². The Balaban J connectivity index is 0.000000230. The molecule has 20 heteroatoms. The first kappa shape index (κ1) is 36.7. The number of phosphoric ester groups is 2. The second-order valence-corrected chi connectivity index (χ2v) is 13.6. The fourth-order valence-electron chi connectivity index (χ4n) is 5.02. The number of hydrogen-bond acceptors (Lipinski definition) is 12. The Morgan fingerprint density at radius 2 is 1.14 bits per heavy atom. The zero-order valence-corrected chi connectivity index (χ0v) is 25.4. The van der Waals surface area contributed by atoms with Crippen molar-refractivity contribution in [2.75, 3.05) is 19.8 Å². The summed E-state index contributed by atoms with van der Waals surface area (Å²) < 4.78 is 64.9. The Morgan fingerprint density at radius 3 is 1.60 bits per heavy atom. The summed E-state index contributed by atoms with van der Waals surface area (Å²) in [6.45, 7) is 3.07. The molecule has 4 saturated heterocycles. The molecule has 232 valence electrons. The Hall–Kier alpha value is 0.240. The molecule has 0 aromatic rings. The van der Waals surface area contributed by atoms with Crippen molar-refractivity contribution in [3.63, 3.8) is 0 Å². The summed E-state index contributed by atoms with van der Waals surface area (Å²) in [5.74, 6) is 0.133. The summed E-state index contributed by atoms with van der Waals surface area (Å²) in [4.78, 5) is 19.5. The number of aliphatic hydroxyl groups excluding tert-OH is 2. The minimum Gasteiger partial charge on any atom is -0.394 e. The third-order valence-corrected chi connectivity index (χ3v) is 9.25. The first-order valence-electron chi connectivity index (χ1n) is 13.9. The summed E-state index contributed by atoms with van der Waals surface area (Å²) in [6.07, 6.45) is -2.32. The molecular formula is C22H38B4O14P2. The molecule has 0 amide bonds. The topological polar surface area (TPSA) is 189 Å². The maximum absolute atomic E-state index is 11.9. The van der Waals surface area contributed by atoms with Gasteiger partial charge in [-0.15, -0.1) is 0 Å². The van der Waals surface area contributed by atoms with E-state index in [0.29, 0.717) is 19.3 Å². The SMILES string of the molecule is [B]C1CC(C)C(COP(=O)(O)OC2CC([B])OC2CO)O1.[B]C1CC(O)C(COP(=O)(O)OC2CC([B])OC2CC)O1. The van der Waals surface area contributed by atoms with Crippen molar-refractivity contribution in [3.8, 4) is 0 Å². The minimum absolute atomic E-state index is 0.0912. The maximum Gasteiger partial charge on any atom is 0.472 e. The van der Waals surface area contributed by atoms with Gasteiger partial charge in [0.15, 0.2) is 0 Å². The second kappa shape index (κ2) is 16.2. The van der Waals surface area contributed by atoms with Gasteiger partial charge in [-0.2, -0.15) is 0 Å². The van der Waals surface area contributed by atoms with E-state index >= 15 is 0 Å². The van der Waals surface area contributed by atoms with E-state index in [4.69, 9.17) is 73.5 Å². The number of aliphatic hydroxyl groups is 2. The van der Waals surface area contributed by atoms with Crippen LogP contribution < -0.4 is 0 Å². The van der Waals surface area contributed by atoms with Crippen LogP contribution in [0.4, 0.5) is 0 Å². The van der Waals surface area contributed by atoms with Gasteiger partial charge in [-0.05, 0) is 38.0 Å². The second-order valence-electron chi connectivity index (χ2n) is 10.7. The van der Waals surface area contributed by atoms with E-state index in [1.165, 1.54) is 0 Å². The van der Waals surface area contributed by atoms with Crippen LogP contribution >= 0.6 is 15.6 Å². The van der Waals surface area contributed by atoms with Crippen LogP contribution in [0.5, 0.6) is 0 Å². The van der Waals surface area contributed by atoms with Gasteiger partial charge in [-0.3, -0.25) is 18.1 Å². The van der Waals surface area contributed by atoms with Gasteiger partial charge >= 0.3 is 15.6 Å². The van der Waals surface area contributed by atoms with Gasteiger partial charge in [0, 0.05) is 24.0 Å². The van der Waals surface area contributed by atoms with Gasteiger partial charge in [-0.25, -0.2) is 9.13 Å². The Labute approximate surface area is 251 Å². The van der Waals surface area contributed by atoms with E-state index in [-0.39, 0.29) is 56.8 Å². The smallest absolute Gasteiger partial charge is 0.394 e. The van der Waals surface area contributed by atoms with E-state index in [1.54, 1.807) is 0 Å². The molecule has 14 atom stereocenters. The van der Waals surface area contributed by atoms with E-state index in [0.717, 1.165) is 0 Å². The van der Waals surface area contributed by atoms with Crippen LogP contribution in [0.25, 0.3) is 0 Å². The van der Waals surface area contributed by atoms with E-state index in [1.807, 2.05) is 13.8 Å². The highest BCUT2D eigenvalue weighted by Gasteiger charge is 2.41. The standard InChI is InChI=1S/2C11H19B2O7P/c1-6-2-10(12)19-9(6)5-17-21(15,16)20-7-3-11(13)18-8(7)4-14;1-2-7-8(4-11(13)18-7)20-21(15,16)17-5-9-6(14)3-10(12)19-9/h2*6-11,14H,2-5H2,1H3,(H,15,16). The lowest BCUT2D eigenvalue weighted by atomic mass is 9.92. The molecule has 0 aliphatic carbocycles. The van der Waals surface area contributed by atoms with Gasteiger partial charge in [0.2, 0.25) is 0 Å². The molecule has 0 aromatic heterocycles. The maximum atomic E-state index is 11.9. The van der Waals surface area contributed by atoms with Crippen molar-refractivity contribution in [2.45, 2.75) is 113 Å². The molecule has 0 spiro atoms. The summed E-state index contributed by atoms with van der Waals surface area (Å²) >= 11 is 0. The number of phosphoric acid groups is 2. The largest absolute Gasteiger partial charge is 0.472 e. The van der Waals surface area contributed by atoms with Crippen LogP contribution in [-0.2, 0) is 46.2 Å². The van der Waals surface area contributed by atoms with Gasteiger partial charge in [0.05, 0.1) is 50.3 Å². The highest BCUT2D eigenvalue weighted by atomic mass is 31.2. The molecule has 0 saturated carbocycles. The molecule has 42 heavy (non-hydrogen) atoms. The van der Waals surface area contributed by atoms with Gasteiger partial charge in [0.1, 0.15) is 43.6 Å². The lowest BCUT2D eigenvalue weighted by Crippen LogP contribution is -2.28. The van der Waals surface area contributed by atoms with Crippen molar-refractivity contribution in [1.29, 1.82) is 0 Å². The van der Waals surface area contributed by atoms with Crippen LogP contribution in [0.1, 0.15) is 46.0 Å². The van der Waals surface area contributed by atoms with Crippen molar-refractivity contribution >= 4 is 47.0 Å². The zero-order valence-electron chi connectivity index (χ0n) is 23.7. The molecule has 0 aromatic carbocycles. The molecule has 14 unspecified atom stereocenters. The molecular weight excluding hydrogens is 593 g/mol. The predicted octanol–water partition coefficient (Wildman–Crippen LogP) is -0.489. The van der Waals surface area contributed by atoms with E-state index < -0.39 is 64.2 Å². The van der Waals surface area contributed by atoms with Crippen molar-refractivity contribution in [1.82, 2.24) is 0 Å². The van der Waals surface area contributed by atoms with Gasteiger partial charge in [-0.1, -0.05) is 13.8 Å². The Kier molecular flexibility index (Phi) is 14.1. The summed E-state index contributed by atoms with van der Waals surface area (Å²) in [5, 5.41) is 18.7. The van der Waals surface area contributed by atoms with Crippen molar-refractivity contribution in [2.24, 2.45) is 5.92 Å². The molecule has 4 aliphatic rings. The number of hydrogen-bond donors (Lipinski definition) is 4. The lowest BCUT2D eigenvalue weighted by molar-refractivity contribution is -0.0168. The quantitative estimate of drug-likeness (QED) is 0.160. The highest BCUT2D eigenvalue weighted by molar-refractivity contribution is 7.47. The Bertz CT molecular complexity index is 870. The molecule has 4 fully saturated rings. The molecule has 8 radical (unpaired) electrons. The monoisotopic (exact) mass is 632 g/mol. The fraction of sp³-hybridized carbons (Fsp3) is 1.00. The van der Waals surface area contributed by atoms with Crippen LogP contribution in [0, 0.1) is 5.92 Å². The Morgan fingerprint density at radius 1 is 0.714 bits per heavy atom. The molecule has 14 nitrogen and oxygen atoms in total. The van der Waals surface area contributed by atoms with Crippen LogP contribution in [0.15, 0.2) is 0 Å².